The number of halogens is 2. The molecule has 0 saturated carbocycles. The predicted octanol–water partition coefficient (Wildman–Crippen LogP) is 2.13. The summed E-state index contributed by atoms with van der Waals surface area (Å²) in [5.74, 6) is 0. The van der Waals surface area contributed by atoms with E-state index in [1.54, 1.807) is 6.08 Å². The summed E-state index contributed by atoms with van der Waals surface area (Å²) < 4.78 is 0. The fourth-order valence-electron chi connectivity index (χ4n) is 0.630. The molecule has 1 heterocycles. The summed E-state index contributed by atoms with van der Waals surface area (Å²) in [7, 11) is 1.95. The van der Waals surface area contributed by atoms with Gasteiger partial charge in [0.15, 0.2) is 0 Å². The lowest BCUT2D eigenvalue weighted by molar-refractivity contribution is 0.499. The van der Waals surface area contributed by atoms with Crippen molar-refractivity contribution in [3.63, 3.8) is 0 Å². The van der Waals surface area contributed by atoms with Gasteiger partial charge in [-0.05, 0) is 6.08 Å². The molecule has 3 heteroatoms. The van der Waals surface area contributed by atoms with Crippen LogP contribution in [0.15, 0.2) is 22.3 Å². The molecule has 1 nitrogen and oxygen atoms in total. The highest BCUT2D eigenvalue weighted by Gasteiger charge is 2.05. The van der Waals surface area contributed by atoms with Crippen LogP contribution < -0.4 is 0 Å². The van der Waals surface area contributed by atoms with Gasteiger partial charge in [-0.15, -0.1) is 0 Å². The quantitative estimate of drug-likeness (QED) is 0.530. The average molecular weight is 164 g/mol. The van der Waals surface area contributed by atoms with E-state index in [0.717, 1.165) is 6.54 Å². The first-order valence-corrected chi connectivity index (χ1v) is 3.38. The van der Waals surface area contributed by atoms with Crippen LogP contribution in [0.3, 0.4) is 0 Å². The molecule has 0 aliphatic carbocycles. The maximum Gasteiger partial charge on any atom is 0.0583 e. The minimum Gasteiger partial charge on any atom is -0.375 e. The van der Waals surface area contributed by atoms with Crippen LogP contribution in [0, 0.1) is 0 Å². The minimum atomic E-state index is 0.648. The fourth-order valence-corrected chi connectivity index (χ4v) is 0.998. The van der Waals surface area contributed by atoms with Gasteiger partial charge in [-0.3, -0.25) is 0 Å². The molecule has 1 rings (SSSR count). The molecule has 0 aromatic carbocycles. The van der Waals surface area contributed by atoms with Gasteiger partial charge in [0, 0.05) is 13.2 Å². The number of hydrogen-bond acceptors (Lipinski definition) is 1. The van der Waals surface area contributed by atoms with Gasteiger partial charge in [0.2, 0.25) is 0 Å². The zero-order valence-corrected chi connectivity index (χ0v) is 6.58. The molecule has 0 bridgehead atoms. The van der Waals surface area contributed by atoms with Crippen molar-refractivity contribution >= 4 is 23.2 Å². The van der Waals surface area contributed by atoms with Crippen molar-refractivity contribution in [1.29, 1.82) is 0 Å². The zero-order chi connectivity index (χ0) is 6.85. The van der Waals surface area contributed by atoms with E-state index in [2.05, 4.69) is 0 Å². The average Bonchev–Trinajstić information content (AvgIpc) is 1.80. The molecular weight excluding hydrogens is 157 g/mol. The molecule has 0 fully saturated rings. The Morgan fingerprint density at radius 2 is 2.22 bits per heavy atom. The Bertz CT molecular complexity index is 172. The van der Waals surface area contributed by atoms with Crippen molar-refractivity contribution in [2.45, 2.75) is 0 Å². The van der Waals surface area contributed by atoms with Gasteiger partial charge < -0.3 is 4.90 Å². The molecule has 0 N–H and O–H groups in total. The van der Waals surface area contributed by atoms with E-state index < -0.39 is 0 Å². The second-order valence-electron chi connectivity index (χ2n) is 1.98. The normalized spacial score (nSPS) is 19.2. The third-order valence-corrected chi connectivity index (χ3v) is 1.90. The third-order valence-electron chi connectivity index (χ3n) is 1.12. The van der Waals surface area contributed by atoms with Crippen molar-refractivity contribution in [1.82, 2.24) is 4.90 Å². The summed E-state index contributed by atoms with van der Waals surface area (Å²) in [6.07, 6.45) is 3.68. The van der Waals surface area contributed by atoms with E-state index in [-0.39, 0.29) is 0 Å². The molecule has 0 radical (unpaired) electrons. The zero-order valence-electron chi connectivity index (χ0n) is 5.06. The van der Waals surface area contributed by atoms with E-state index in [0.29, 0.717) is 10.1 Å². The Kier molecular flexibility index (Phi) is 2.04. The van der Waals surface area contributed by atoms with Crippen LogP contribution in [-0.4, -0.2) is 18.5 Å². The van der Waals surface area contributed by atoms with Crippen molar-refractivity contribution in [3.05, 3.63) is 22.3 Å². The smallest absolute Gasteiger partial charge is 0.0583 e. The topological polar surface area (TPSA) is 3.24 Å². The fraction of sp³-hybridized carbons (Fsp3) is 0.333. The number of hydrogen-bond donors (Lipinski definition) is 0. The second-order valence-corrected chi connectivity index (χ2v) is 2.85. The lowest BCUT2D eigenvalue weighted by Gasteiger charge is -2.17. The molecule has 0 unspecified atom stereocenters. The molecule has 0 saturated heterocycles. The van der Waals surface area contributed by atoms with Crippen LogP contribution in [0.4, 0.5) is 0 Å². The Morgan fingerprint density at radius 3 is 2.67 bits per heavy atom. The van der Waals surface area contributed by atoms with Crippen LogP contribution in [0.25, 0.3) is 0 Å². The first kappa shape index (κ1) is 6.97. The van der Waals surface area contributed by atoms with E-state index in [9.17, 15) is 0 Å². The van der Waals surface area contributed by atoms with Crippen LogP contribution in [0.5, 0.6) is 0 Å². The largest absolute Gasteiger partial charge is 0.375 e. The maximum atomic E-state index is 5.72. The Balaban J connectivity index is 2.75. The standard InChI is InChI=1S/C6H7Cl2N/c1-9-3-2-5(7)6(8)4-9/h2-3H,4H2,1H3. The summed E-state index contributed by atoms with van der Waals surface area (Å²) in [6, 6.07) is 0. The monoisotopic (exact) mass is 163 g/mol. The first-order chi connectivity index (χ1) is 4.20. The molecule has 1 aliphatic rings. The molecule has 1 aliphatic heterocycles. The van der Waals surface area contributed by atoms with Crippen molar-refractivity contribution in [2.75, 3.05) is 13.6 Å². The van der Waals surface area contributed by atoms with Crippen LogP contribution in [-0.2, 0) is 0 Å². The summed E-state index contributed by atoms with van der Waals surface area (Å²) in [5.41, 5.74) is 0. The molecule has 50 valence electrons. The first-order valence-electron chi connectivity index (χ1n) is 2.63. The second kappa shape index (κ2) is 2.63. The Hall–Kier alpha value is -0.140. The molecular formula is C6H7Cl2N. The van der Waals surface area contributed by atoms with Gasteiger partial charge in [0.1, 0.15) is 0 Å². The molecule has 0 spiro atoms. The van der Waals surface area contributed by atoms with E-state index in [4.69, 9.17) is 23.2 Å². The van der Waals surface area contributed by atoms with Crippen LogP contribution >= 0.6 is 23.2 Å². The van der Waals surface area contributed by atoms with Gasteiger partial charge in [0.05, 0.1) is 16.6 Å². The number of rotatable bonds is 0. The SMILES string of the molecule is CN1C=CC(Cl)=C(Cl)C1. The van der Waals surface area contributed by atoms with Crippen LogP contribution in [0.2, 0.25) is 0 Å². The Labute approximate surface area is 64.5 Å². The molecule has 9 heavy (non-hydrogen) atoms. The highest BCUT2D eigenvalue weighted by atomic mass is 35.5. The number of nitrogens with zero attached hydrogens (tertiary/aromatic N) is 1. The predicted molar refractivity (Wildman–Crippen MR) is 40.5 cm³/mol. The molecule has 0 aromatic rings. The number of likely N-dealkylation sites (N-methyl/N-ethyl adjacent to an activating group) is 1. The van der Waals surface area contributed by atoms with E-state index >= 15 is 0 Å². The van der Waals surface area contributed by atoms with Crippen molar-refractivity contribution < 1.29 is 0 Å². The van der Waals surface area contributed by atoms with Gasteiger partial charge >= 0.3 is 0 Å². The number of allylic oxidation sites excluding steroid dienone is 2. The lowest BCUT2D eigenvalue weighted by atomic mass is 10.4. The molecule has 0 amide bonds. The molecule has 0 atom stereocenters. The summed E-state index contributed by atoms with van der Waals surface area (Å²) >= 11 is 11.4. The summed E-state index contributed by atoms with van der Waals surface area (Å²) in [5, 5.41) is 1.36. The third kappa shape index (κ3) is 1.63. The highest BCUT2D eigenvalue weighted by Crippen LogP contribution is 2.19. The van der Waals surface area contributed by atoms with Crippen molar-refractivity contribution in [2.24, 2.45) is 0 Å². The Morgan fingerprint density at radius 1 is 1.56 bits per heavy atom. The minimum absolute atomic E-state index is 0.648. The van der Waals surface area contributed by atoms with E-state index in [1.807, 2.05) is 18.1 Å². The van der Waals surface area contributed by atoms with Gasteiger partial charge in [-0.25, -0.2) is 0 Å². The lowest BCUT2D eigenvalue weighted by Crippen LogP contribution is -2.15. The van der Waals surface area contributed by atoms with Gasteiger partial charge in [0.25, 0.3) is 0 Å². The van der Waals surface area contributed by atoms with Gasteiger partial charge in [-0.2, -0.15) is 0 Å². The van der Waals surface area contributed by atoms with E-state index in [1.165, 1.54) is 0 Å². The van der Waals surface area contributed by atoms with Crippen LogP contribution in [0.1, 0.15) is 0 Å². The maximum absolute atomic E-state index is 5.72. The summed E-state index contributed by atoms with van der Waals surface area (Å²) in [4.78, 5) is 1.97. The highest BCUT2D eigenvalue weighted by molar-refractivity contribution is 6.40. The molecule has 0 aromatic heterocycles. The van der Waals surface area contributed by atoms with Crippen molar-refractivity contribution in [3.8, 4) is 0 Å². The van der Waals surface area contributed by atoms with Gasteiger partial charge in [-0.1, -0.05) is 23.2 Å². The summed E-state index contributed by atoms with van der Waals surface area (Å²) in [6.45, 7) is 0.719.